The van der Waals surface area contributed by atoms with Crippen molar-refractivity contribution in [3.8, 4) is 0 Å². The molecule has 2 rings (SSSR count). The molecule has 0 aliphatic rings. The van der Waals surface area contributed by atoms with Gasteiger partial charge in [-0.05, 0) is 48.6 Å². The molecule has 3 nitrogen and oxygen atoms in total. The Bertz CT molecular complexity index is 575. The van der Waals surface area contributed by atoms with Crippen LogP contribution in [0.2, 0.25) is 0 Å². The third kappa shape index (κ3) is 2.93. The van der Waals surface area contributed by atoms with Crippen molar-refractivity contribution in [2.75, 3.05) is 17.7 Å². The minimum absolute atomic E-state index is 0.603. The number of hydrogen-bond acceptors (Lipinski definition) is 3. The quantitative estimate of drug-likeness (QED) is 0.902. The molecular formula is C17H23N3. The molecular weight excluding hydrogens is 246 g/mol. The number of rotatable bonds is 4. The third-order valence-corrected chi connectivity index (χ3v) is 3.94. The minimum atomic E-state index is 0.603. The zero-order chi connectivity index (χ0) is 14.7. The van der Waals surface area contributed by atoms with Crippen molar-refractivity contribution in [2.45, 2.75) is 33.1 Å². The third-order valence-electron chi connectivity index (χ3n) is 3.94. The monoisotopic (exact) mass is 269 g/mol. The van der Waals surface area contributed by atoms with Crippen LogP contribution in [0.4, 0.5) is 17.2 Å². The van der Waals surface area contributed by atoms with Crippen molar-refractivity contribution in [3.05, 3.63) is 47.7 Å². The summed E-state index contributed by atoms with van der Waals surface area (Å²) in [5.74, 6) is 1.51. The van der Waals surface area contributed by atoms with Gasteiger partial charge in [-0.25, -0.2) is 4.98 Å². The highest BCUT2D eigenvalue weighted by atomic mass is 15.2. The number of aromatic nitrogens is 1. The summed E-state index contributed by atoms with van der Waals surface area (Å²) >= 11 is 0. The summed E-state index contributed by atoms with van der Waals surface area (Å²) in [7, 11) is 2.02. The standard InChI is InChI=1S/C17H23N3/c1-5-12(2)14-6-8-15(9-7-14)20(4)17-10-13(3)16(18)11-19-17/h6-12H,5,18H2,1-4H3. The molecule has 0 aliphatic carbocycles. The van der Waals surface area contributed by atoms with Crippen molar-refractivity contribution in [2.24, 2.45) is 0 Å². The van der Waals surface area contributed by atoms with E-state index in [4.69, 9.17) is 5.73 Å². The van der Waals surface area contributed by atoms with E-state index in [1.165, 1.54) is 5.56 Å². The van der Waals surface area contributed by atoms with Gasteiger partial charge < -0.3 is 10.6 Å². The van der Waals surface area contributed by atoms with E-state index in [0.29, 0.717) is 5.92 Å². The van der Waals surface area contributed by atoms with Crippen molar-refractivity contribution >= 4 is 17.2 Å². The Labute approximate surface area is 121 Å². The molecule has 0 bridgehead atoms. The van der Waals surface area contributed by atoms with Crippen LogP contribution in [0.25, 0.3) is 0 Å². The topological polar surface area (TPSA) is 42.1 Å². The summed E-state index contributed by atoms with van der Waals surface area (Å²) < 4.78 is 0. The first-order chi connectivity index (χ1) is 9.52. The summed E-state index contributed by atoms with van der Waals surface area (Å²) in [5.41, 5.74) is 10.1. The van der Waals surface area contributed by atoms with Gasteiger partial charge in [-0.1, -0.05) is 26.0 Å². The maximum Gasteiger partial charge on any atom is 0.133 e. The van der Waals surface area contributed by atoms with Gasteiger partial charge in [0.25, 0.3) is 0 Å². The fourth-order valence-electron chi connectivity index (χ4n) is 2.13. The molecule has 0 spiro atoms. The maximum atomic E-state index is 5.81. The van der Waals surface area contributed by atoms with E-state index in [9.17, 15) is 0 Å². The molecule has 1 unspecified atom stereocenters. The second-order valence-electron chi connectivity index (χ2n) is 5.36. The molecule has 1 aromatic carbocycles. The number of anilines is 3. The van der Waals surface area contributed by atoms with Gasteiger partial charge in [0, 0.05) is 12.7 Å². The van der Waals surface area contributed by atoms with Crippen LogP contribution < -0.4 is 10.6 Å². The first-order valence-electron chi connectivity index (χ1n) is 7.08. The van der Waals surface area contributed by atoms with E-state index in [0.717, 1.165) is 29.2 Å². The molecule has 20 heavy (non-hydrogen) atoms. The van der Waals surface area contributed by atoms with E-state index < -0.39 is 0 Å². The average Bonchev–Trinajstić information content (AvgIpc) is 2.48. The minimum Gasteiger partial charge on any atom is -0.397 e. The van der Waals surface area contributed by atoms with Gasteiger partial charge in [-0.3, -0.25) is 0 Å². The molecule has 2 aromatic rings. The average molecular weight is 269 g/mol. The van der Waals surface area contributed by atoms with Crippen LogP contribution in [0.15, 0.2) is 36.5 Å². The lowest BCUT2D eigenvalue weighted by Gasteiger charge is -2.20. The SMILES string of the molecule is CCC(C)c1ccc(N(C)c2cc(C)c(N)cn2)cc1. The predicted octanol–water partition coefficient (Wildman–Crippen LogP) is 4.25. The highest BCUT2D eigenvalue weighted by Crippen LogP contribution is 2.26. The molecule has 106 valence electrons. The van der Waals surface area contributed by atoms with Crippen LogP contribution in [-0.2, 0) is 0 Å². The zero-order valence-corrected chi connectivity index (χ0v) is 12.7. The Morgan fingerprint density at radius 3 is 2.45 bits per heavy atom. The normalized spacial score (nSPS) is 12.2. The lowest BCUT2D eigenvalue weighted by atomic mass is 9.98. The van der Waals surface area contributed by atoms with Crippen molar-refractivity contribution in [1.82, 2.24) is 4.98 Å². The van der Waals surface area contributed by atoms with Crippen LogP contribution in [0, 0.1) is 6.92 Å². The van der Waals surface area contributed by atoms with E-state index in [2.05, 4.69) is 48.0 Å². The number of hydrogen-bond donors (Lipinski definition) is 1. The maximum absolute atomic E-state index is 5.81. The number of nitrogens with two attached hydrogens (primary N) is 1. The summed E-state index contributed by atoms with van der Waals surface area (Å²) in [6, 6.07) is 10.7. The van der Waals surface area contributed by atoms with Crippen LogP contribution in [-0.4, -0.2) is 12.0 Å². The van der Waals surface area contributed by atoms with E-state index in [1.807, 2.05) is 20.0 Å². The number of nitrogens with zero attached hydrogens (tertiary/aromatic N) is 2. The highest BCUT2D eigenvalue weighted by molar-refractivity contribution is 5.62. The number of aryl methyl sites for hydroxylation is 1. The van der Waals surface area contributed by atoms with Gasteiger partial charge in [-0.2, -0.15) is 0 Å². The van der Waals surface area contributed by atoms with Crippen LogP contribution in [0.1, 0.15) is 37.3 Å². The lowest BCUT2D eigenvalue weighted by Crippen LogP contribution is -2.11. The Kier molecular flexibility index (Phi) is 4.28. The van der Waals surface area contributed by atoms with Crippen LogP contribution in [0.3, 0.4) is 0 Å². The molecule has 2 N–H and O–H groups in total. The van der Waals surface area contributed by atoms with Crippen molar-refractivity contribution < 1.29 is 0 Å². The molecule has 1 aromatic heterocycles. The number of benzene rings is 1. The first-order valence-corrected chi connectivity index (χ1v) is 7.08. The molecule has 0 radical (unpaired) electrons. The zero-order valence-electron chi connectivity index (χ0n) is 12.7. The number of nitrogen functional groups attached to an aromatic ring is 1. The Balaban J connectivity index is 2.24. The molecule has 1 heterocycles. The summed E-state index contributed by atoms with van der Waals surface area (Å²) in [6.45, 7) is 6.47. The molecule has 0 fully saturated rings. The second-order valence-corrected chi connectivity index (χ2v) is 5.36. The number of pyridine rings is 1. The van der Waals surface area contributed by atoms with Gasteiger partial charge in [0.2, 0.25) is 0 Å². The van der Waals surface area contributed by atoms with Crippen molar-refractivity contribution in [1.29, 1.82) is 0 Å². The summed E-state index contributed by atoms with van der Waals surface area (Å²) in [6.07, 6.45) is 2.88. The Morgan fingerprint density at radius 2 is 1.90 bits per heavy atom. The van der Waals surface area contributed by atoms with E-state index >= 15 is 0 Å². The molecule has 3 heteroatoms. The smallest absolute Gasteiger partial charge is 0.133 e. The van der Waals surface area contributed by atoms with E-state index in [-0.39, 0.29) is 0 Å². The lowest BCUT2D eigenvalue weighted by molar-refractivity contribution is 0.733. The van der Waals surface area contributed by atoms with Gasteiger partial charge in [0.05, 0.1) is 11.9 Å². The van der Waals surface area contributed by atoms with Crippen LogP contribution in [0.5, 0.6) is 0 Å². The molecule has 1 atom stereocenters. The molecule has 0 amide bonds. The van der Waals surface area contributed by atoms with Crippen LogP contribution >= 0.6 is 0 Å². The molecule has 0 saturated carbocycles. The molecule has 0 saturated heterocycles. The largest absolute Gasteiger partial charge is 0.397 e. The van der Waals surface area contributed by atoms with Gasteiger partial charge in [-0.15, -0.1) is 0 Å². The fourth-order valence-corrected chi connectivity index (χ4v) is 2.13. The Morgan fingerprint density at radius 1 is 1.25 bits per heavy atom. The van der Waals surface area contributed by atoms with Gasteiger partial charge in [0.1, 0.15) is 5.82 Å². The fraction of sp³-hybridized carbons (Fsp3) is 0.353. The summed E-state index contributed by atoms with van der Waals surface area (Å²) in [4.78, 5) is 6.47. The van der Waals surface area contributed by atoms with Gasteiger partial charge >= 0.3 is 0 Å². The first kappa shape index (κ1) is 14.4. The van der Waals surface area contributed by atoms with Gasteiger partial charge in [0.15, 0.2) is 0 Å². The second kappa shape index (κ2) is 5.95. The Hall–Kier alpha value is -2.03. The summed E-state index contributed by atoms with van der Waals surface area (Å²) in [5, 5.41) is 0. The molecule has 0 aliphatic heterocycles. The highest BCUT2D eigenvalue weighted by Gasteiger charge is 2.08. The van der Waals surface area contributed by atoms with Crippen molar-refractivity contribution in [3.63, 3.8) is 0 Å². The van der Waals surface area contributed by atoms with E-state index in [1.54, 1.807) is 6.20 Å². The predicted molar refractivity (Wildman–Crippen MR) is 86.6 cm³/mol.